The van der Waals surface area contributed by atoms with E-state index in [0.29, 0.717) is 16.3 Å². The fraction of sp³-hybridized carbons (Fsp3) is 0.0909. The molecule has 0 saturated carbocycles. The minimum absolute atomic E-state index is 0.381. The van der Waals surface area contributed by atoms with Gasteiger partial charge in [-0.05, 0) is 30.7 Å². The van der Waals surface area contributed by atoms with E-state index in [1.54, 1.807) is 6.92 Å². The van der Waals surface area contributed by atoms with Crippen LogP contribution >= 0.6 is 11.6 Å². The van der Waals surface area contributed by atoms with E-state index < -0.39 is 11.5 Å². The van der Waals surface area contributed by atoms with E-state index in [9.17, 15) is 9.18 Å². The monoisotopic (exact) mass is 238 g/mol. The number of hydrogen-bond acceptors (Lipinski definition) is 2. The molecule has 16 heavy (non-hydrogen) atoms. The third kappa shape index (κ3) is 1.97. The second-order valence-electron chi connectivity index (χ2n) is 3.37. The van der Waals surface area contributed by atoms with E-state index in [0.717, 1.165) is 5.56 Å². The lowest BCUT2D eigenvalue weighted by atomic mass is 10.1. The smallest absolute Gasteiger partial charge is 0.305 e. The molecule has 0 unspecified atom stereocenters. The summed E-state index contributed by atoms with van der Waals surface area (Å²) in [6, 6.07) is 3.99. The summed E-state index contributed by atoms with van der Waals surface area (Å²) in [5.41, 5.74) is 1.19. The summed E-state index contributed by atoms with van der Waals surface area (Å²) >= 11 is 5.95. The van der Waals surface area contributed by atoms with Crippen LogP contribution in [0.2, 0.25) is 5.02 Å². The molecule has 0 spiro atoms. The van der Waals surface area contributed by atoms with Gasteiger partial charge >= 0.3 is 5.69 Å². The first-order valence-electron chi connectivity index (χ1n) is 4.59. The van der Waals surface area contributed by atoms with Crippen molar-refractivity contribution in [3.8, 4) is 11.3 Å². The number of H-pyrrole nitrogens is 1. The van der Waals surface area contributed by atoms with Crippen LogP contribution < -0.4 is 5.69 Å². The van der Waals surface area contributed by atoms with Crippen LogP contribution in [0.25, 0.3) is 11.3 Å². The first kappa shape index (κ1) is 10.8. The molecule has 1 heterocycles. The zero-order valence-electron chi connectivity index (χ0n) is 8.42. The van der Waals surface area contributed by atoms with Crippen LogP contribution in [0.3, 0.4) is 0 Å². The SMILES string of the molecule is Cc1cnc(=O)[nH]c1-c1cc(F)ccc1Cl. The van der Waals surface area contributed by atoms with Crippen LogP contribution in [0.1, 0.15) is 5.56 Å². The number of nitrogens with zero attached hydrogens (tertiary/aromatic N) is 1. The largest absolute Gasteiger partial charge is 0.345 e. The maximum atomic E-state index is 13.1. The van der Waals surface area contributed by atoms with E-state index in [4.69, 9.17) is 11.6 Å². The fourth-order valence-corrected chi connectivity index (χ4v) is 1.64. The molecule has 3 nitrogen and oxygen atoms in total. The number of nitrogens with one attached hydrogen (secondary N) is 1. The van der Waals surface area contributed by atoms with Crippen molar-refractivity contribution < 1.29 is 4.39 Å². The van der Waals surface area contributed by atoms with E-state index in [-0.39, 0.29) is 0 Å². The number of aromatic nitrogens is 2. The van der Waals surface area contributed by atoms with E-state index >= 15 is 0 Å². The van der Waals surface area contributed by atoms with E-state index in [2.05, 4.69) is 9.97 Å². The van der Waals surface area contributed by atoms with Gasteiger partial charge in [0.15, 0.2) is 0 Å². The van der Waals surface area contributed by atoms with Gasteiger partial charge in [0.25, 0.3) is 0 Å². The minimum Gasteiger partial charge on any atom is -0.305 e. The van der Waals surface area contributed by atoms with Gasteiger partial charge in [-0.3, -0.25) is 0 Å². The Morgan fingerprint density at radius 3 is 2.94 bits per heavy atom. The molecule has 5 heteroatoms. The van der Waals surface area contributed by atoms with Gasteiger partial charge in [-0.2, -0.15) is 0 Å². The summed E-state index contributed by atoms with van der Waals surface area (Å²) in [5, 5.41) is 0.381. The van der Waals surface area contributed by atoms with Gasteiger partial charge in [0, 0.05) is 11.8 Å². The van der Waals surface area contributed by atoms with Crippen molar-refractivity contribution in [2.75, 3.05) is 0 Å². The summed E-state index contributed by atoms with van der Waals surface area (Å²) in [6.07, 6.45) is 1.43. The van der Waals surface area contributed by atoms with Crippen molar-refractivity contribution in [2.45, 2.75) is 6.92 Å². The lowest BCUT2D eigenvalue weighted by Gasteiger charge is -2.06. The Labute approximate surface area is 95.9 Å². The molecular formula is C11H8ClFN2O. The summed E-state index contributed by atoms with van der Waals surface area (Å²) < 4.78 is 13.1. The number of hydrogen-bond donors (Lipinski definition) is 1. The van der Waals surface area contributed by atoms with Gasteiger partial charge in [0.05, 0.1) is 10.7 Å². The highest BCUT2D eigenvalue weighted by Crippen LogP contribution is 2.28. The van der Waals surface area contributed by atoms with Gasteiger partial charge in [-0.15, -0.1) is 0 Å². The molecule has 0 fully saturated rings. The Hall–Kier alpha value is -1.68. The van der Waals surface area contributed by atoms with Crippen molar-refractivity contribution in [3.63, 3.8) is 0 Å². The second-order valence-corrected chi connectivity index (χ2v) is 3.78. The zero-order chi connectivity index (χ0) is 11.7. The molecule has 1 aromatic heterocycles. The highest BCUT2D eigenvalue weighted by molar-refractivity contribution is 6.33. The molecule has 0 atom stereocenters. The average molecular weight is 239 g/mol. The molecule has 82 valence electrons. The number of benzene rings is 1. The fourth-order valence-electron chi connectivity index (χ4n) is 1.43. The van der Waals surface area contributed by atoms with Gasteiger partial charge in [-0.1, -0.05) is 11.6 Å². The Bertz CT molecular complexity index is 595. The Morgan fingerprint density at radius 1 is 1.44 bits per heavy atom. The minimum atomic E-state index is -0.485. The lowest BCUT2D eigenvalue weighted by molar-refractivity contribution is 0.628. The van der Waals surface area contributed by atoms with Gasteiger partial charge in [-0.25, -0.2) is 14.2 Å². The number of aryl methyl sites for hydroxylation is 1. The molecule has 0 saturated heterocycles. The zero-order valence-corrected chi connectivity index (χ0v) is 9.18. The Balaban J connectivity index is 2.71. The predicted molar refractivity (Wildman–Crippen MR) is 60.0 cm³/mol. The van der Waals surface area contributed by atoms with E-state index in [1.807, 2.05) is 0 Å². The molecule has 2 rings (SSSR count). The summed E-state index contributed by atoms with van der Waals surface area (Å²) in [5.74, 6) is -0.406. The van der Waals surface area contributed by atoms with Gasteiger partial charge in [0.2, 0.25) is 0 Å². The summed E-state index contributed by atoms with van der Waals surface area (Å²) in [7, 11) is 0. The van der Waals surface area contributed by atoms with Crippen LogP contribution in [0.5, 0.6) is 0 Å². The van der Waals surface area contributed by atoms with E-state index in [1.165, 1.54) is 24.4 Å². The molecule has 0 bridgehead atoms. The third-order valence-corrected chi connectivity index (χ3v) is 2.53. The topological polar surface area (TPSA) is 45.8 Å². The Morgan fingerprint density at radius 2 is 2.19 bits per heavy atom. The summed E-state index contributed by atoms with van der Waals surface area (Å²) in [4.78, 5) is 17.2. The molecule has 0 aliphatic carbocycles. The van der Waals surface area contributed by atoms with Crippen molar-refractivity contribution in [1.82, 2.24) is 9.97 Å². The highest BCUT2D eigenvalue weighted by Gasteiger charge is 2.09. The van der Waals surface area contributed by atoms with Gasteiger partial charge in [0.1, 0.15) is 5.82 Å². The van der Waals surface area contributed by atoms with Crippen LogP contribution in [-0.2, 0) is 0 Å². The third-order valence-electron chi connectivity index (χ3n) is 2.20. The number of aromatic amines is 1. The summed E-state index contributed by atoms with van der Waals surface area (Å²) in [6.45, 7) is 1.76. The normalized spacial score (nSPS) is 10.4. The first-order chi connectivity index (χ1) is 7.58. The number of rotatable bonds is 1. The lowest BCUT2D eigenvalue weighted by Crippen LogP contribution is -2.11. The molecule has 0 amide bonds. The van der Waals surface area contributed by atoms with Crippen molar-refractivity contribution in [3.05, 3.63) is 51.3 Å². The maximum absolute atomic E-state index is 13.1. The van der Waals surface area contributed by atoms with Crippen molar-refractivity contribution in [2.24, 2.45) is 0 Å². The number of halogens is 2. The van der Waals surface area contributed by atoms with Crippen LogP contribution in [-0.4, -0.2) is 9.97 Å². The molecule has 0 aliphatic heterocycles. The highest BCUT2D eigenvalue weighted by atomic mass is 35.5. The standard InChI is InChI=1S/C11H8ClFN2O/c1-6-5-14-11(16)15-10(6)8-4-7(13)2-3-9(8)12/h2-5H,1H3,(H,14,15,16). The van der Waals surface area contributed by atoms with Crippen molar-refractivity contribution in [1.29, 1.82) is 0 Å². The maximum Gasteiger partial charge on any atom is 0.345 e. The van der Waals surface area contributed by atoms with Crippen LogP contribution in [0, 0.1) is 12.7 Å². The quantitative estimate of drug-likeness (QED) is 0.830. The van der Waals surface area contributed by atoms with Crippen LogP contribution in [0.4, 0.5) is 4.39 Å². The first-order valence-corrected chi connectivity index (χ1v) is 4.97. The molecule has 0 aliphatic rings. The average Bonchev–Trinajstić information content (AvgIpc) is 2.25. The predicted octanol–water partition coefficient (Wildman–Crippen LogP) is 2.54. The molecular weight excluding hydrogens is 231 g/mol. The van der Waals surface area contributed by atoms with Crippen LogP contribution in [0.15, 0.2) is 29.2 Å². The molecule has 0 radical (unpaired) electrons. The molecule has 2 aromatic rings. The van der Waals surface area contributed by atoms with Crippen molar-refractivity contribution >= 4 is 11.6 Å². The second kappa shape index (κ2) is 4.06. The Kier molecular flexibility index (Phi) is 2.75. The van der Waals surface area contributed by atoms with Gasteiger partial charge < -0.3 is 4.98 Å². The molecule has 1 aromatic carbocycles. The molecule has 1 N–H and O–H groups in total.